The highest BCUT2D eigenvalue weighted by atomic mass is 35.5. The highest BCUT2D eigenvalue weighted by Gasteiger charge is 2.33. The van der Waals surface area contributed by atoms with Crippen molar-refractivity contribution >= 4 is 34.9 Å². The summed E-state index contributed by atoms with van der Waals surface area (Å²) in [5.41, 5.74) is 0.933. The molecule has 0 fully saturated rings. The van der Waals surface area contributed by atoms with E-state index in [2.05, 4.69) is 0 Å². The van der Waals surface area contributed by atoms with Crippen LogP contribution in [0.3, 0.4) is 0 Å². The van der Waals surface area contributed by atoms with Crippen molar-refractivity contribution in [3.05, 3.63) is 105 Å². The Balaban J connectivity index is 1.62. The molecular weight excluding hydrogens is 392 g/mol. The molecule has 3 aromatic carbocycles. The van der Waals surface area contributed by atoms with Gasteiger partial charge >= 0.3 is 5.97 Å². The quantitative estimate of drug-likeness (QED) is 0.377. The molecule has 29 heavy (non-hydrogen) atoms. The number of esters is 1. The van der Waals surface area contributed by atoms with Crippen molar-refractivity contribution in [2.24, 2.45) is 0 Å². The number of carbonyl (C=O) groups excluding carboxylic acids is 4. The fraction of sp³-hybridized carbons (Fsp3) is 0.0435. The summed E-state index contributed by atoms with van der Waals surface area (Å²) in [7, 11) is 0. The summed E-state index contributed by atoms with van der Waals surface area (Å²) >= 11 is 5.87. The Morgan fingerprint density at radius 3 is 2.17 bits per heavy atom. The molecule has 3 aromatic rings. The van der Waals surface area contributed by atoms with Crippen LogP contribution in [0.5, 0.6) is 0 Å². The summed E-state index contributed by atoms with van der Waals surface area (Å²) in [4.78, 5) is 50.5. The molecule has 0 N–H and O–H groups in total. The van der Waals surface area contributed by atoms with E-state index in [0.717, 1.165) is 0 Å². The molecule has 0 aliphatic heterocycles. The third kappa shape index (κ3) is 3.37. The molecule has 0 atom stereocenters. The van der Waals surface area contributed by atoms with Gasteiger partial charge in [-0.1, -0.05) is 60.1 Å². The Bertz CT molecular complexity index is 1200. The number of ketones is 3. The number of benzene rings is 3. The molecule has 5 nitrogen and oxygen atoms in total. The first-order chi connectivity index (χ1) is 14.0. The maximum absolute atomic E-state index is 12.9. The molecule has 0 saturated carbocycles. The molecule has 4 rings (SSSR count). The zero-order valence-corrected chi connectivity index (χ0v) is 15.7. The van der Waals surface area contributed by atoms with E-state index in [1.54, 1.807) is 42.5 Å². The Morgan fingerprint density at radius 1 is 0.793 bits per heavy atom. The number of hydrogen-bond acceptors (Lipinski definition) is 5. The van der Waals surface area contributed by atoms with Gasteiger partial charge in [0.05, 0.1) is 5.56 Å². The Labute approximate surface area is 170 Å². The first-order valence-electron chi connectivity index (χ1n) is 8.74. The van der Waals surface area contributed by atoms with Crippen molar-refractivity contribution in [3.8, 4) is 0 Å². The molecule has 0 bridgehead atoms. The van der Waals surface area contributed by atoms with Crippen LogP contribution in [-0.2, 0) is 4.74 Å². The smallest absolute Gasteiger partial charge is 0.339 e. The number of hydrogen-bond donors (Lipinski definition) is 0. The van der Waals surface area contributed by atoms with E-state index in [1.807, 2.05) is 0 Å². The summed E-state index contributed by atoms with van der Waals surface area (Å²) < 4.78 is 5.13. The van der Waals surface area contributed by atoms with Gasteiger partial charge in [0.25, 0.3) is 0 Å². The van der Waals surface area contributed by atoms with Gasteiger partial charge in [0.2, 0.25) is 0 Å². The average Bonchev–Trinajstić information content (AvgIpc) is 2.75. The van der Waals surface area contributed by atoms with Crippen LogP contribution in [0.2, 0.25) is 5.02 Å². The van der Waals surface area contributed by atoms with Gasteiger partial charge in [-0.05, 0) is 18.2 Å². The van der Waals surface area contributed by atoms with Gasteiger partial charge in [-0.2, -0.15) is 0 Å². The largest absolute Gasteiger partial charge is 0.454 e. The van der Waals surface area contributed by atoms with Gasteiger partial charge in [0.1, 0.15) is 0 Å². The second-order valence-electron chi connectivity index (χ2n) is 6.44. The minimum Gasteiger partial charge on any atom is -0.454 e. The van der Waals surface area contributed by atoms with Gasteiger partial charge in [-0.3, -0.25) is 14.4 Å². The van der Waals surface area contributed by atoms with Gasteiger partial charge in [-0.25, -0.2) is 4.79 Å². The SMILES string of the molecule is O=C(COC(=O)c1cccc2c1C(=O)c1ccccc1C2=O)c1cccc(Cl)c1. The topological polar surface area (TPSA) is 77.5 Å². The van der Waals surface area contributed by atoms with Crippen LogP contribution in [0.4, 0.5) is 0 Å². The Kier molecular flexibility index (Phi) is 4.82. The van der Waals surface area contributed by atoms with Gasteiger partial charge in [-0.15, -0.1) is 0 Å². The van der Waals surface area contributed by atoms with Gasteiger partial charge in [0, 0.05) is 32.8 Å². The maximum Gasteiger partial charge on any atom is 0.339 e. The third-order valence-electron chi connectivity index (χ3n) is 4.65. The maximum atomic E-state index is 12.9. The predicted molar refractivity (Wildman–Crippen MR) is 106 cm³/mol. The van der Waals surface area contributed by atoms with Crippen LogP contribution in [0.1, 0.15) is 52.6 Å². The first kappa shape index (κ1) is 18.8. The Morgan fingerprint density at radius 2 is 1.45 bits per heavy atom. The highest BCUT2D eigenvalue weighted by molar-refractivity contribution is 6.31. The van der Waals surface area contributed by atoms with E-state index in [0.29, 0.717) is 16.1 Å². The number of ether oxygens (including phenoxy) is 1. The van der Waals surface area contributed by atoms with E-state index in [1.165, 1.54) is 24.3 Å². The number of fused-ring (bicyclic) bond motifs is 2. The second-order valence-corrected chi connectivity index (χ2v) is 6.88. The molecule has 0 saturated heterocycles. The minimum atomic E-state index is -0.849. The predicted octanol–water partition coefficient (Wildman–Crippen LogP) is 4.16. The summed E-state index contributed by atoms with van der Waals surface area (Å²) in [5.74, 6) is -2.04. The van der Waals surface area contributed by atoms with Crippen LogP contribution in [-0.4, -0.2) is 29.9 Å². The molecule has 0 heterocycles. The molecule has 1 aliphatic rings. The lowest BCUT2D eigenvalue weighted by Crippen LogP contribution is -2.25. The van der Waals surface area contributed by atoms with Crippen LogP contribution >= 0.6 is 11.6 Å². The average molecular weight is 405 g/mol. The van der Waals surface area contributed by atoms with Crippen molar-refractivity contribution < 1.29 is 23.9 Å². The van der Waals surface area contributed by atoms with Crippen LogP contribution in [0.15, 0.2) is 66.7 Å². The second kappa shape index (κ2) is 7.45. The monoisotopic (exact) mass is 404 g/mol. The van der Waals surface area contributed by atoms with Crippen LogP contribution in [0, 0.1) is 0 Å². The van der Waals surface area contributed by atoms with Crippen molar-refractivity contribution in [2.75, 3.05) is 6.61 Å². The van der Waals surface area contributed by atoms with E-state index in [9.17, 15) is 19.2 Å². The summed E-state index contributed by atoms with van der Waals surface area (Å²) in [6.45, 7) is -0.512. The molecular formula is C23H13ClO5. The van der Waals surface area contributed by atoms with E-state index < -0.39 is 24.1 Å². The number of halogens is 1. The summed E-state index contributed by atoms with van der Waals surface area (Å²) in [6, 6.07) is 17.1. The molecule has 0 radical (unpaired) electrons. The molecule has 0 unspecified atom stereocenters. The first-order valence-corrected chi connectivity index (χ1v) is 9.12. The van der Waals surface area contributed by atoms with Crippen molar-refractivity contribution in [3.63, 3.8) is 0 Å². The molecule has 0 amide bonds. The fourth-order valence-electron chi connectivity index (χ4n) is 3.27. The van der Waals surface area contributed by atoms with Crippen LogP contribution in [0.25, 0.3) is 0 Å². The fourth-order valence-corrected chi connectivity index (χ4v) is 3.46. The number of Topliss-reactive ketones (excluding diaryl/α,β-unsaturated/α-hetero) is 1. The van der Waals surface area contributed by atoms with Crippen molar-refractivity contribution in [1.82, 2.24) is 0 Å². The third-order valence-corrected chi connectivity index (χ3v) is 4.89. The normalized spacial score (nSPS) is 12.2. The van der Waals surface area contributed by atoms with E-state index >= 15 is 0 Å². The molecule has 142 valence electrons. The lowest BCUT2D eigenvalue weighted by Gasteiger charge is -2.19. The molecule has 0 aromatic heterocycles. The zero-order valence-electron chi connectivity index (χ0n) is 15.0. The standard InChI is InChI=1S/C23H13ClO5/c24-14-6-3-5-13(11-14)19(25)12-29-23(28)18-10-4-9-17-20(18)22(27)16-8-2-1-7-15(16)21(17)26/h1-11H,12H2. The van der Waals surface area contributed by atoms with Gasteiger partial charge < -0.3 is 4.74 Å². The number of carbonyl (C=O) groups is 4. The van der Waals surface area contributed by atoms with Crippen LogP contribution < -0.4 is 0 Å². The van der Waals surface area contributed by atoms with E-state index in [-0.39, 0.29) is 28.0 Å². The lowest BCUT2D eigenvalue weighted by molar-refractivity contribution is 0.0473. The van der Waals surface area contributed by atoms with Crippen molar-refractivity contribution in [2.45, 2.75) is 0 Å². The van der Waals surface area contributed by atoms with Gasteiger partial charge in [0.15, 0.2) is 24.0 Å². The summed E-state index contributed by atoms with van der Waals surface area (Å²) in [6.07, 6.45) is 0. The molecule has 6 heteroatoms. The lowest BCUT2D eigenvalue weighted by atomic mass is 9.82. The highest BCUT2D eigenvalue weighted by Crippen LogP contribution is 2.29. The zero-order chi connectivity index (χ0) is 20.5. The van der Waals surface area contributed by atoms with E-state index in [4.69, 9.17) is 16.3 Å². The molecule has 0 spiro atoms. The Hall–Kier alpha value is -3.57. The number of rotatable bonds is 4. The van der Waals surface area contributed by atoms with Crippen molar-refractivity contribution in [1.29, 1.82) is 0 Å². The summed E-state index contributed by atoms with van der Waals surface area (Å²) in [5, 5.41) is 0.391. The molecule has 1 aliphatic carbocycles. The minimum absolute atomic E-state index is 0.00333.